The number of hydrogen-bond donors (Lipinski definition) is 0. The number of aromatic nitrogens is 2. The summed E-state index contributed by atoms with van der Waals surface area (Å²) in [4.78, 5) is 19.8. The first kappa shape index (κ1) is 17.7. The smallest absolute Gasteiger partial charge is 0.264 e. The lowest BCUT2D eigenvalue weighted by Crippen LogP contribution is -2.14. The van der Waals surface area contributed by atoms with Crippen molar-refractivity contribution in [3.05, 3.63) is 74.7 Å². The lowest BCUT2D eigenvalue weighted by molar-refractivity contribution is -0.384. The molecule has 0 aliphatic rings. The fourth-order valence-corrected chi connectivity index (χ4v) is 3.27. The number of nitro benzene ring substituents is 1. The largest absolute Gasteiger partial charge is 0.269 e. The third-order valence-electron chi connectivity index (χ3n) is 3.68. The average molecular weight is 367 g/mol. The Bertz CT molecular complexity index is 1000. The van der Waals surface area contributed by atoms with Crippen LogP contribution in [0.25, 0.3) is 11.3 Å². The Hall–Kier alpha value is -3.13. The Kier molecular flexibility index (Phi) is 5.33. The van der Waals surface area contributed by atoms with E-state index in [1.807, 2.05) is 31.4 Å². The zero-order valence-corrected chi connectivity index (χ0v) is 15.2. The van der Waals surface area contributed by atoms with Gasteiger partial charge in [-0.05, 0) is 32.0 Å². The lowest BCUT2D eigenvalue weighted by atomic mass is 10.1. The van der Waals surface area contributed by atoms with Crippen molar-refractivity contribution in [3.63, 3.8) is 0 Å². The summed E-state index contributed by atoms with van der Waals surface area (Å²) in [5.74, 6) is 0. The third kappa shape index (κ3) is 3.75. The van der Waals surface area contributed by atoms with Crippen LogP contribution in [-0.4, -0.2) is 26.8 Å². The fourth-order valence-electron chi connectivity index (χ4n) is 2.38. The number of non-ortho nitro benzene ring substituents is 1. The van der Waals surface area contributed by atoms with Crippen molar-refractivity contribution in [1.82, 2.24) is 9.66 Å². The van der Waals surface area contributed by atoms with Crippen molar-refractivity contribution in [2.24, 2.45) is 10.1 Å². The van der Waals surface area contributed by atoms with Crippen molar-refractivity contribution >= 4 is 22.7 Å². The van der Waals surface area contributed by atoms with Crippen molar-refractivity contribution in [2.75, 3.05) is 6.54 Å². The van der Waals surface area contributed by atoms with Crippen LogP contribution in [-0.2, 0) is 0 Å². The molecule has 0 atom stereocenters. The normalized spacial score (nSPS) is 12.4. The van der Waals surface area contributed by atoms with Gasteiger partial charge in [-0.1, -0.05) is 6.07 Å². The van der Waals surface area contributed by atoms with Gasteiger partial charge in [0.05, 0.1) is 16.3 Å². The van der Waals surface area contributed by atoms with Crippen molar-refractivity contribution < 1.29 is 4.92 Å². The minimum absolute atomic E-state index is 0.0593. The number of hydrogen-bond acceptors (Lipinski definition) is 6. The first-order valence-electron chi connectivity index (χ1n) is 8.02. The van der Waals surface area contributed by atoms with Crippen LogP contribution in [0.1, 0.15) is 19.4 Å². The van der Waals surface area contributed by atoms with Crippen LogP contribution in [0.3, 0.4) is 0 Å². The molecule has 2 heterocycles. The topological polar surface area (TPSA) is 85.7 Å². The fraction of sp³-hybridized carbons (Fsp3) is 0.167. The third-order valence-corrected chi connectivity index (χ3v) is 4.54. The Balaban J connectivity index is 2.10. The molecule has 0 aliphatic carbocycles. The minimum Gasteiger partial charge on any atom is -0.264 e. The molecule has 26 heavy (non-hydrogen) atoms. The van der Waals surface area contributed by atoms with Gasteiger partial charge in [-0.3, -0.25) is 20.1 Å². The number of pyridine rings is 1. The maximum atomic E-state index is 10.9. The van der Waals surface area contributed by atoms with Gasteiger partial charge in [-0.2, -0.15) is 5.10 Å². The van der Waals surface area contributed by atoms with E-state index in [1.54, 1.807) is 29.2 Å². The average Bonchev–Trinajstić information content (AvgIpc) is 3.05. The van der Waals surface area contributed by atoms with Gasteiger partial charge in [-0.25, -0.2) is 4.68 Å². The first-order valence-corrected chi connectivity index (χ1v) is 8.90. The molecule has 0 bridgehead atoms. The van der Waals surface area contributed by atoms with Crippen LogP contribution >= 0.6 is 11.3 Å². The molecule has 0 saturated carbocycles. The monoisotopic (exact) mass is 367 g/mol. The van der Waals surface area contributed by atoms with Gasteiger partial charge in [0, 0.05) is 47.6 Å². The van der Waals surface area contributed by atoms with Gasteiger partial charge in [0.1, 0.15) is 0 Å². The number of thiazole rings is 1. The van der Waals surface area contributed by atoms with E-state index in [9.17, 15) is 10.1 Å². The van der Waals surface area contributed by atoms with Gasteiger partial charge in [0.2, 0.25) is 4.80 Å². The van der Waals surface area contributed by atoms with Gasteiger partial charge >= 0.3 is 0 Å². The standard InChI is InChI=1S/C18H17N5O2S/c1-3-20-18-22(21-13(2)15-5-4-10-19-11-15)17(12-26-18)14-6-8-16(9-7-14)23(24)25/h4-12H,3H2,1-2H3. The Morgan fingerprint density at radius 1 is 1.31 bits per heavy atom. The Morgan fingerprint density at radius 3 is 2.69 bits per heavy atom. The second-order valence-electron chi connectivity index (χ2n) is 5.42. The molecule has 0 saturated heterocycles. The van der Waals surface area contributed by atoms with Crippen LogP contribution in [0.2, 0.25) is 0 Å². The maximum Gasteiger partial charge on any atom is 0.269 e. The molecule has 0 spiro atoms. The highest BCUT2D eigenvalue weighted by atomic mass is 32.1. The SMILES string of the molecule is CCN=c1scc(-c2ccc([N+](=O)[O-])cc2)n1N=C(C)c1cccnc1. The summed E-state index contributed by atoms with van der Waals surface area (Å²) in [5, 5.41) is 17.5. The zero-order chi connectivity index (χ0) is 18.5. The quantitative estimate of drug-likeness (QED) is 0.391. The predicted molar refractivity (Wildman–Crippen MR) is 102 cm³/mol. The van der Waals surface area contributed by atoms with Crippen LogP contribution < -0.4 is 4.80 Å². The summed E-state index contributed by atoms with van der Waals surface area (Å²) >= 11 is 1.48. The predicted octanol–water partition coefficient (Wildman–Crippen LogP) is 3.71. The van der Waals surface area contributed by atoms with E-state index in [4.69, 9.17) is 5.10 Å². The number of nitro groups is 1. The molecule has 132 valence electrons. The summed E-state index contributed by atoms with van der Waals surface area (Å²) in [7, 11) is 0. The van der Waals surface area contributed by atoms with E-state index in [2.05, 4.69) is 9.98 Å². The number of benzene rings is 1. The van der Waals surface area contributed by atoms with Crippen LogP contribution in [0, 0.1) is 10.1 Å². The summed E-state index contributed by atoms with van der Waals surface area (Å²) < 4.78 is 1.78. The molecule has 0 N–H and O–H groups in total. The lowest BCUT2D eigenvalue weighted by Gasteiger charge is -2.06. The Labute approximate surface area is 154 Å². The van der Waals surface area contributed by atoms with E-state index in [-0.39, 0.29) is 5.69 Å². The van der Waals surface area contributed by atoms with Crippen molar-refractivity contribution in [2.45, 2.75) is 13.8 Å². The maximum absolute atomic E-state index is 10.9. The highest BCUT2D eigenvalue weighted by Crippen LogP contribution is 2.23. The molecule has 0 unspecified atom stereocenters. The minimum atomic E-state index is -0.409. The van der Waals surface area contributed by atoms with Crippen molar-refractivity contribution in [1.29, 1.82) is 0 Å². The van der Waals surface area contributed by atoms with Gasteiger partial charge in [0.25, 0.3) is 5.69 Å². The number of rotatable bonds is 5. The van der Waals surface area contributed by atoms with Crippen LogP contribution in [0.15, 0.2) is 64.3 Å². The summed E-state index contributed by atoms with van der Waals surface area (Å²) in [6, 6.07) is 10.2. The molecule has 7 nitrogen and oxygen atoms in total. The molecule has 0 radical (unpaired) electrons. The molecule has 3 aromatic rings. The van der Waals surface area contributed by atoms with Crippen molar-refractivity contribution in [3.8, 4) is 11.3 Å². The summed E-state index contributed by atoms with van der Waals surface area (Å²) in [6.07, 6.45) is 3.47. The molecule has 3 rings (SSSR count). The highest BCUT2D eigenvalue weighted by Gasteiger charge is 2.11. The molecule has 0 fully saturated rings. The molecule has 0 amide bonds. The van der Waals surface area contributed by atoms with Gasteiger partial charge < -0.3 is 0 Å². The molecular formula is C18H17N5O2S. The molecule has 8 heteroatoms. The van der Waals surface area contributed by atoms with E-state index in [0.717, 1.165) is 27.3 Å². The zero-order valence-electron chi connectivity index (χ0n) is 14.4. The Morgan fingerprint density at radius 2 is 2.08 bits per heavy atom. The van der Waals surface area contributed by atoms with E-state index < -0.39 is 4.92 Å². The molecule has 2 aromatic heterocycles. The van der Waals surface area contributed by atoms with Crippen LogP contribution in [0.5, 0.6) is 0 Å². The van der Waals surface area contributed by atoms with E-state index in [0.29, 0.717) is 6.54 Å². The first-order chi connectivity index (χ1) is 12.6. The van der Waals surface area contributed by atoms with Gasteiger partial charge in [0.15, 0.2) is 0 Å². The second-order valence-corrected chi connectivity index (χ2v) is 6.26. The summed E-state index contributed by atoms with van der Waals surface area (Å²) in [5.41, 5.74) is 3.46. The van der Waals surface area contributed by atoms with Crippen LogP contribution in [0.4, 0.5) is 5.69 Å². The number of nitrogens with zero attached hydrogens (tertiary/aromatic N) is 5. The van der Waals surface area contributed by atoms with E-state index >= 15 is 0 Å². The van der Waals surface area contributed by atoms with Gasteiger partial charge in [-0.15, -0.1) is 11.3 Å². The highest BCUT2D eigenvalue weighted by molar-refractivity contribution is 7.07. The second kappa shape index (κ2) is 7.83. The molecule has 1 aromatic carbocycles. The molecular weight excluding hydrogens is 350 g/mol. The van der Waals surface area contributed by atoms with E-state index in [1.165, 1.54) is 23.5 Å². The molecule has 0 aliphatic heterocycles. The summed E-state index contributed by atoms with van der Waals surface area (Å²) in [6.45, 7) is 4.52.